The van der Waals surface area contributed by atoms with Crippen molar-refractivity contribution in [3.8, 4) is 0 Å². The molecule has 3 aliphatic heterocycles. The van der Waals surface area contributed by atoms with Crippen LogP contribution in [0.15, 0.2) is 0 Å². The fourth-order valence-corrected chi connectivity index (χ4v) is 6.10. The van der Waals surface area contributed by atoms with Gasteiger partial charge in [-0.15, -0.1) is 0 Å². The van der Waals surface area contributed by atoms with E-state index in [1.165, 1.54) is 20.9 Å². The van der Waals surface area contributed by atoms with Gasteiger partial charge in [-0.05, 0) is 57.8 Å². The van der Waals surface area contributed by atoms with Gasteiger partial charge in [0.1, 0.15) is 36.3 Å². The van der Waals surface area contributed by atoms with Crippen molar-refractivity contribution in [1.82, 2.24) is 36.1 Å². The molecule has 47 heavy (non-hydrogen) atoms. The van der Waals surface area contributed by atoms with E-state index < -0.39 is 89.9 Å². The van der Waals surface area contributed by atoms with Gasteiger partial charge in [0.05, 0.1) is 6.10 Å². The van der Waals surface area contributed by atoms with Crippen molar-refractivity contribution < 1.29 is 43.8 Å². The zero-order valence-electron chi connectivity index (χ0n) is 28.3. The number of esters is 1. The van der Waals surface area contributed by atoms with E-state index in [-0.39, 0.29) is 30.2 Å². The van der Waals surface area contributed by atoms with E-state index in [0.29, 0.717) is 25.9 Å². The van der Waals surface area contributed by atoms with Crippen molar-refractivity contribution in [2.75, 3.05) is 20.1 Å². The fraction of sp³-hybridized carbons (Fsp3) is 0.800. The Morgan fingerprint density at radius 2 is 1.43 bits per heavy atom. The lowest BCUT2D eigenvalue weighted by Crippen LogP contribution is -2.65. The van der Waals surface area contributed by atoms with Crippen LogP contribution in [0.1, 0.15) is 73.6 Å². The number of hydrogen-bond donors (Lipinski definition) is 6. The first-order valence-corrected chi connectivity index (χ1v) is 16.4. The molecule has 17 nitrogen and oxygen atoms in total. The molecule has 3 saturated heterocycles. The number of nitrogens with two attached hydrogens (primary N) is 1. The summed E-state index contributed by atoms with van der Waals surface area (Å²) in [5.41, 5.74) is 12.1. The molecule has 8 atom stereocenters. The smallest absolute Gasteiger partial charge is 0.331 e. The zero-order chi connectivity index (χ0) is 35.3. The molecule has 0 saturated carbocycles. The predicted molar refractivity (Wildman–Crippen MR) is 166 cm³/mol. The van der Waals surface area contributed by atoms with E-state index >= 15 is 0 Å². The highest BCUT2D eigenvalue weighted by Gasteiger charge is 2.46. The van der Waals surface area contributed by atoms with Crippen molar-refractivity contribution in [1.29, 1.82) is 0 Å². The highest BCUT2D eigenvalue weighted by Crippen LogP contribution is 2.23. The molecule has 0 radical (unpaired) electrons. The highest BCUT2D eigenvalue weighted by molar-refractivity contribution is 5.96. The van der Waals surface area contributed by atoms with Crippen LogP contribution in [0, 0.1) is 11.8 Å². The summed E-state index contributed by atoms with van der Waals surface area (Å²) in [5.74, 6) is -5.50. The molecular formula is C30H52N8O9. The molecule has 0 aliphatic carbocycles. The molecule has 5 amide bonds. The van der Waals surface area contributed by atoms with Crippen LogP contribution >= 0.6 is 0 Å². The lowest BCUT2D eigenvalue weighted by molar-refractivity contribution is -0.191. The van der Waals surface area contributed by atoms with Crippen LogP contribution < -0.4 is 21.9 Å². The first-order valence-electron chi connectivity index (χ1n) is 16.4. The summed E-state index contributed by atoms with van der Waals surface area (Å²) >= 11 is 0. The van der Waals surface area contributed by atoms with E-state index in [2.05, 4.69) is 16.2 Å². The number of amides is 5. The molecule has 0 spiro atoms. The number of hydrogen-bond acceptors (Lipinski definition) is 12. The van der Waals surface area contributed by atoms with Crippen molar-refractivity contribution in [2.45, 2.75) is 122 Å². The van der Waals surface area contributed by atoms with Gasteiger partial charge in [-0.1, -0.05) is 27.7 Å². The average Bonchev–Trinajstić information content (AvgIpc) is 3.04. The lowest BCUT2D eigenvalue weighted by Gasteiger charge is -2.41. The number of likely N-dealkylation sites (N-methyl/N-ethyl adjacent to an activating group) is 1. The van der Waals surface area contributed by atoms with Crippen LogP contribution in [0.2, 0.25) is 0 Å². The normalized spacial score (nSPS) is 32.0. The Hall–Kier alpha value is -3.38. The molecule has 266 valence electrons. The summed E-state index contributed by atoms with van der Waals surface area (Å²) in [7, 11) is 1.38. The minimum atomic E-state index is -1.58. The molecule has 0 unspecified atom stereocenters. The molecular weight excluding hydrogens is 616 g/mol. The van der Waals surface area contributed by atoms with Gasteiger partial charge >= 0.3 is 5.97 Å². The third-order valence-corrected chi connectivity index (χ3v) is 8.89. The molecule has 0 bridgehead atoms. The van der Waals surface area contributed by atoms with Gasteiger partial charge in [-0.2, -0.15) is 0 Å². The largest absolute Gasteiger partial charge is 0.458 e. The van der Waals surface area contributed by atoms with E-state index in [9.17, 15) is 39.1 Å². The summed E-state index contributed by atoms with van der Waals surface area (Å²) in [4.78, 5) is 83.5. The molecule has 3 fully saturated rings. The van der Waals surface area contributed by atoms with Gasteiger partial charge in [0.2, 0.25) is 11.8 Å². The number of hydrazine groups is 2. The Kier molecular flexibility index (Phi) is 13.1. The first kappa shape index (κ1) is 38.1. The van der Waals surface area contributed by atoms with Gasteiger partial charge in [-0.25, -0.2) is 20.7 Å². The van der Waals surface area contributed by atoms with Crippen LogP contribution in [0.25, 0.3) is 0 Å². The summed E-state index contributed by atoms with van der Waals surface area (Å²) in [5, 5.41) is 26.5. The number of hydroxylamine groups is 2. The van der Waals surface area contributed by atoms with Crippen molar-refractivity contribution in [3.63, 3.8) is 0 Å². The molecule has 0 aromatic rings. The highest BCUT2D eigenvalue weighted by atomic mass is 16.5. The van der Waals surface area contributed by atoms with E-state index in [1.54, 1.807) is 13.8 Å². The Balaban J connectivity index is 2.13. The SMILES string of the molecule is CC(C)C[C@@H]1C(=O)N2NCCC[C@H]2C(=O)N[C@H]([C@H](C)O)C(=O)O[C@H](C(C)C)[C@@H](N)C(=O)N2NCCC[C@@H]2C(=O)N(O)[C@H](C)C(=O)N1C. The van der Waals surface area contributed by atoms with Gasteiger partial charge in [0.25, 0.3) is 17.7 Å². The van der Waals surface area contributed by atoms with Crippen LogP contribution in [0.4, 0.5) is 0 Å². The molecule has 3 rings (SSSR count). The second kappa shape index (κ2) is 16.1. The first-order chi connectivity index (χ1) is 22.0. The maximum Gasteiger partial charge on any atom is 0.331 e. The van der Waals surface area contributed by atoms with Crippen molar-refractivity contribution in [2.24, 2.45) is 17.6 Å². The number of carbonyl (C=O) groups is 6. The van der Waals surface area contributed by atoms with E-state index in [0.717, 1.165) is 14.9 Å². The fourth-order valence-electron chi connectivity index (χ4n) is 6.10. The topological polar surface area (TPSA) is 227 Å². The number of fused-ring (bicyclic) bond motifs is 2. The number of nitrogens with zero attached hydrogens (tertiary/aromatic N) is 4. The molecule has 3 aliphatic rings. The Morgan fingerprint density at radius 1 is 0.872 bits per heavy atom. The van der Waals surface area contributed by atoms with Crippen molar-refractivity contribution >= 4 is 35.5 Å². The van der Waals surface area contributed by atoms with Crippen molar-refractivity contribution in [3.05, 3.63) is 0 Å². The second-order valence-corrected chi connectivity index (χ2v) is 13.4. The molecule has 0 aromatic heterocycles. The van der Waals surface area contributed by atoms with Gasteiger partial charge in [-0.3, -0.25) is 39.2 Å². The van der Waals surface area contributed by atoms with Gasteiger partial charge in [0.15, 0.2) is 6.04 Å². The summed E-state index contributed by atoms with van der Waals surface area (Å²) in [6.45, 7) is 10.3. The third kappa shape index (κ3) is 8.56. The number of rotatable bonds is 4. The standard InChI is InChI=1S/C30H52N8O9/c1-15(2)14-21-27(42)36-19(10-8-12-32-36)25(40)34-23(18(6)39)30(45)47-24(16(3)4)22(31)29(44)37-20(11-9-13-33-37)28(43)38(46)17(5)26(41)35(21)7/h15-24,32-33,39,46H,8-14,31H2,1-7H3,(H,34,40)/t17-,18+,19+,20-,21-,22-,23-,24-/m1/s1. The molecule has 3 heterocycles. The quantitative estimate of drug-likeness (QED) is 0.145. The minimum Gasteiger partial charge on any atom is -0.458 e. The van der Waals surface area contributed by atoms with Gasteiger partial charge < -0.3 is 25.8 Å². The summed E-state index contributed by atoms with van der Waals surface area (Å²) in [6.07, 6.45) is -1.18. The van der Waals surface area contributed by atoms with Crippen LogP contribution in [0.5, 0.6) is 0 Å². The molecule has 17 heteroatoms. The second-order valence-electron chi connectivity index (χ2n) is 13.4. The maximum atomic E-state index is 14.1. The van der Waals surface area contributed by atoms with Crippen LogP contribution in [0.3, 0.4) is 0 Å². The minimum absolute atomic E-state index is 0.0829. The number of cyclic esters (lactones) is 1. The number of aliphatic hydroxyl groups excluding tert-OH is 1. The number of carbonyl (C=O) groups excluding carboxylic acids is 6. The average molecular weight is 669 g/mol. The lowest BCUT2D eigenvalue weighted by atomic mass is 9.97. The predicted octanol–water partition coefficient (Wildman–Crippen LogP) is -1.77. The number of aliphatic hydroxyl groups is 1. The van der Waals surface area contributed by atoms with Gasteiger partial charge in [0, 0.05) is 20.1 Å². The number of ether oxygens (including phenoxy) is 1. The van der Waals surface area contributed by atoms with Crippen LogP contribution in [-0.2, 0) is 33.5 Å². The number of nitrogens with one attached hydrogen (secondary N) is 3. The monoisotopic (exact) mass is 668 g/mol. The summed E-state index contributed by atoms with van der Waals surface area (Å²) < 4.78 is 5.67. The Bertz CT molecular complexity index is 1180. The zero-order valence-corrected chi connectivity index (χ0v) is 28.3. The Labute approximate surface area is 275 Å². The molecule has 7 N–H and O–H groups in total. The van der Waals surface area contributed by atoms with E-state index in [4.69, 9.17) is 10.5 Å². The summed E-state index contributed by atoms with van der Waals surface area (Å²) in [6, 6.07) is -7.99. The van der Waals surface area contributed by atoms with Crippen LogP contribution in [-0.4, -0.2) is 134 Å². The molecule has 0 aromatic carbocycles. The third-order valence-electron chi connectivity index (χ3n) is 8.89. The maximum absolute atomic E-state index is 14.1. The van der Waals surface area contributed by atoms with E-state index in [1.807, 2.05) is 13.8 Å². The Morgan fingerprint density at radius 3 is 1.96 bits per heavy atom.